The fourth-order valence-electron chi connectivity index (χ4n) is 0.657. The molecular formula is C8H6ClN3O. The van der Waals surface area contributed by atoms with E-state index >= 15 is 0 Å². The van der Waals surface area contributed by atoms with E-state index in [9.17, 15) is 4.79 Å². The Morgan fingerprint density at radius 2 is 2.46 bits per heavy atom. The zero-order valence-corrected chi connectivity index (χ0v) is 7.38. The van der Waals surface area contributed by atoms with Crippen molar-refractivity contribution < 1.29 is 4.79 Å². The normalized spacial score (nSPS) is 8.69. The first-order valence-electron chi connectivity index (χ1n) is 3.44. The Labute approximate surface area is 80.1 Å². The van der Waals surface area contributed by atoms with Crippen molar-refractivity contribution >= 4 is 23.7 Å². The van der Waals surface area contributed by atoms with E-state index in [1.807, 2.05) is 0 Å². The van der Waals surface area contributed by atoms with E-state index in [0.29, 0.717) is 11.8 Å². The number of anilines is 1. The fourth-order valence-corrected chi connectivity index (χ4v) is 0.797. The summed E-state index contributed by atoms with van der Waals surface area (Å²) in [5, 5.41) is 0.0819. The lowest BCUT2D eigenvalue weighted by molar-refractivity contribution is -0.107. The monoisotopic (exact) mass is 195 g/mol. The van der Waals surface area contributed by atoms with E-state index in [1.165, 1.54) is 6.20 Å². The topological polar surface area (TPSA) is 68.9 Å². The van der Waals surface area contributed by atoms with Gasteiger partial charge in [-0.15, -0.1) is 0 Å². The van der Waals surface area contributed by atoms with Gasteiger partial charge in [-0.2, -0.15) is 4.98 Å². The summed E-state index contributed by atoms with van der Waals surface area (Å²) in [6.07, 6.45) is 2.30. The summed E-state index contributed by atoms with van der Waals surface area (Å²) in [5.41, 5.74) is 5.96. The van der Waals surface area contributed by atoms with Gasteiger partial charge in [-0.05, 0) is 11.6 Å². The molecule has 13 heavy (non-hydrogen) atoms. The molecule has 1 rings (SSSR count). The average molecular weight is 196 g/mol. The van der Waals surface area contributed by atoms with Gasteiger partial charge in [-0.25, -0.2) is 4.98 Å². The predicted molar refractivity (Wildman–Crippen MR) is 49.0 cm³/mol. The van der Waals surface area contributed by atoms with E-state index in [1.54, 1.807) is 0 Å². The second-order valence-electron chi connectivity index (χ2n) is 2.11. The van der Waals surface area contributed by atoms with Crippen LogP contribution in [0.2, 0.25) is 5.28 Å². The molecule has 0 bridgehead atoms. The molecule has 5 heteroatoms. The zero-order chi connectivity index (χ0) is 9.68. The maximum atomic E-state index is 9.95. The summed E-state index contributed by atoms with van der Waals surface area (Å²) in [6.45, 7) is 0. The first kappa shape index (κ1) is 9.49. The molecule has 1 aromatic heterocycles. The van der Waals surface area contributed by atoms with Crippen molar-refractivity contribution in [1.29, 1.82) is 0 Å². The van der Waals surface area contributed by atoms with E-state index < -0.39 is 0 Å². The molecule has 0 aliphatic heterocycles. The minimum atomic E-state index is 0.0819. The van der Waals surface area contributed by atoms with Crippen molar-refractivity contribution in [2.75, 3.05) is 5.73 Å². The summed E-state index contributed by atoms with van der Waals surface area (Å²) in [4.78, 5) is 17.3. The minimum Gasteiger partial charge on any atom is -0.383 e. The standard InChI is InChI=1S/C8H6ClN3O/c9-8-11-5-6(7(10)12-8)3-1-2-4-13/h4-5H,2H2,(H2,10,11,12). The second kappa shape index (κ2) is 4.43. The largest absolute Gasteiger partial charge is 0.383 e. The average Bonchev–Trinajstić information content (AvgIpc) is 2.09. The minimum absolute atomic E-state index is 0.0819. The summed E-state index contributed by atoms with van der Waals surface area (Å²) >= 11 is 5.47. The van der Waals surface area contributed by atoms with Gasteiger partial charge in [-0.3, -0.25) is 0 Å². The highest BCUT2D eigenvalue weighted by Gasteiger charge is 1.98. The maximum Gasteiger partial charge on any atom is 0.224 e. The van der Waals surface area contributed by atoms with Gasteiger partial charge in [0.25, 0.3) is 0 Å². The van der Waals surface area contributed by atoms with Crippen LogP contribution in [0.4, 0.5) is 5.82 Å². The number of nitrogens with zero attached hydrogens (tertiary/aromatic N) is 2. The molecule has 1 aromatic rings. The number of carbonyl (C=O) groups is 1. The van der Waals surface area contributed by atoms with Crippen molar-refractivity contribution in [2.45, 2.75) is 6.42 Å². The summed E-state index contributed by atoms with van der Waals surface area (Å²) in [5.74, 6) is 5.46. The highest BCUT2D eigenvalue weighted by atomic mass is 35.5. The van der Waals surface area contributed by atoms with Gasteiger partial charge in [0.1, 0.15) is 12.1 Å². The molecule has 0 unspecified atom stereocenters. The van der Waals surface area contributed by atoms with Gasteiger partial charge in [0.2, 0.25) is 5.28 Å². The van der Waals surface area contributed by atoms with E-state index in [2.05, 4.69) is 21.8 Å². The molecule has 0 saturated carbocycles. The molecule has 1 heterocycles. The molecule has 0 aliphatic rings. The molecule has 0 aliphatic carbocycles. The molecule has 2 N–H and O–H groups in total. The molecule has 4 nitrogen and oxygen atoms in total. The highest BCUT2D eigenvalue weighted by Crippen LogP contribution is 2.08. The first-order valence-corrected chi connectivity index (χ1v) is 3.82. The predicted octanol–water partition coefficient (Wildman–Crippen LogP) is 0.653. The Balaban J connectivity index is 2.91. The lowest BCUT2D eigenvalue weighted by Crippen LogP contribution is -1.96. The Kier molecular flexibility index (Phi) is 3.23. The Hall–Kier alpha value is -1.60. The summed E-state index contributed by atoms with van der Waals surface area (Å²) < 4.78 is 0. The van der Waals surface area contributed by atoms with Crippen LogP contribution in [0.15, 0.2) is 6.20 Å². The number of hydrogen-bond donors (Lipinski definition) is 1. The number of aldehydes is 1. The van der Waals surface area contributed by atoms with Crippen LogP contribution in [-0.2, 0) is 4.79 Å². The number of rotatable bonds is 1. The van der Waals surface area contributed by atoms with Crippen molar-refractivity contribution in [3.8, 4) is 11.8 Å². The number of hydrogen-bond acceptors (Lipinski definition) is 4. The van der Waals surface area contributed by atoms with Crippen molar-refractivity contribution in [3.63, 3.8) is 0 Å². The van der Waals surface area contributed by atoms with Crippen molar-refractivity contribution in [2.24, 2.45) is 0 Å². The number of halogens is 1. The highest BCUT2D eigenvalue weighted by molar-refractivity contribution is 6.28. The quantitative estimate of drug-likeness (QED) is 0.406. The molecule has 0 saturated heterocycles. The van der Waals surface area contributed by atoms with Gasteiger partial charge < -0.3 is 10.5 Å². The molecule has 0 amide bonds. The van der Waals surface area contributed by atoms with E-state index in [-0.39, 0.29) is 17.5 Å². The van der Waals surface area contributed by atoms with Crippen LogP contribution in [0.1, 0.15) is 12.0 Å². The maximum absolute atomic E-state index is 9.95. The smallest absolute Gasteiger partial charge is 0.224 e. The van der Waals surface area contributed by atoms with Gasteiger partial charge in [0, 0.05) is 6.20 Å². The van der Waals surface area contributed by atoms with Gasteiger partial charge in [-0.1, -0.05) is 11.8 Å². The third-order valence-electron chi connectivity index (χ3n) is 1.20. The number of nitrogen functional groups attached to an aromatic ring is 1. The number of nitrogens with two attached hydrogens (primary N) is 1. The van der Waals surface area contributed by atoms with Gasteiger partial charge in [0.15, 0.2) is 0 Å². The zero-order valence-electron chi connectivity index (χ0n) is 6.62. The third kappa shape index (κ3) is 2.73. The number of aromatic nitrogens is 2. The molecule has 0 radical (unpaired) electrons. The number of carbonyl (C=O) groups excluding carboxylic acids is 1. The molecule has 0 fully saturated rings. The van der Waals surface area contributed by atoms with Gasteiger partial charge in [0.05, 0.1) is 12.0 Å². The Morgan fingerprint density at radius 3 is 3.08 bits per heavy atom. The fraction of sp³-hybridized carbons (Fsp3) is 0.125. The van der Waals surface area contributed by atoms with Gasteiger partial charge >= 0.3 is 0 Å². The van der Waals surface area contributed by atoms with Crippen LogP contribution in [0, 0.1) is 11.8 Å². The molecule has 0 atom stereocenters. The van der Waals surface area contributed by atoms with Crippen LogP contribution in [0.5, 0.6) is 0 Å². The van der Waals surface area contributed by atoms with Crippen LogP contribution in [0.3, 0.4) is 0 Å². The summed E-state index contributed by atoms with van der Waals surface area (Å²) in [7, 11) is 0. The molecular weight excluding hydrogens is 190 g/mol. The van der Waals surface area contributed by atoms with Crippen LogP contribution in [0.25, 0.3) is 0 Å². The molecule has 66 valence electrons. The van der Waals surface area contributed by atoms with E-state index in [4.69, 9.17) is 17.3 Å². The van der Waals surface area contributed by atoms with Crippen LogP contribution >= 0.6 is 11.6 Å². The molecule has 0 aromatic carbocycles. The van der Waals surface area contributed by atoms with E-state index in [0.717, 1.165) is 0 Å². The van der Waals surface area contributed by atoms with Crippen LogP contribution < -0.4 is 5.73 Å². The summed E-state index contributed by atoms with van der Waals surface area (Å²) in [6, 6.07) is 0. The van der Waals surface area contributed by atoms with Crippen molar-refractivity contribution in [3.05, 3.63) is 17.0 Å². The lowest BCUT2D eigenvalue weighted by atomic mass is 10.3. The Morgan fingerprint density at radius 1 is 1.69 bits per heavy atom. The van der Waals surface area contributed by atoms with Crippen LogP contribution in [-0.4, -0.2) is 16.3 Å². The molecule has 0 spiro atoms. The SMILES string of the molecule is Nc1nc(Cl)ncc1C#CCC=O. The third-order valence-corrected chi connectivity index (χ3v) is 1.38. The first-order chi connectivity index (χ1) is 6.24. The Bertz CT molecular complexity index is 381. The second-order valence-corrected chi connectivity index (χ2v) is 2.45. The van der Waals surface area contributed by atoms with Crippen molar-refractivity contribution in [1.82, 2.24) is 9.97 Å². The lowest BCUT2D eigenvalue weighted by Gasteiger charge is -1.95.